The van der Waals surface area contributed by atoms with Gasteiger partial charge in [-0.05, 0) is 18.6 Å². The van der Waals surface area contributed by atoms with Crippen LogP contribution in [0.15, 0.2) is 18.2 Å². The zero-order chi connectivity index (χ0) is 13.2. The minimum atomic E-state index is -0.331. The topological polar surface area (TPSA) is 53.7 Å². The summed E-state index contributed by atoms with van der Waals surface area (Å²) in [7, 11) is 1.64. The van der Waals surface area contributed by atoms with Gasteiger partial charge in [0.1, 0.15) is 5.82 Å². The summed E-state index contributed by atoms with van der Waals surface area (Å²) in [5, 5.41) is 0. The van der Waals surface area contributed by atoms with E-state index in [4.69, 9.17) is 19.9 Å². The fourth-order valence-corrected chi connectivity index (χ4v) is 1.39. The molecular formula is C13H20FNO3. The van der Waals surface area contributed by atoms with E-state index in [0.717, 1.165) is 12.0 Å². The molecule has 5 heteroatoms. The molecule has 0 aliphatic carbocycles. The summed E-state index contributed by atoms with van der Waals surface area (Å²) in [5.74, 6) is -0.331. The fraction of sp³-hybridized carbons (Fsp3) is 0.538. The van der Waals surface area contributed by atoms with Crippen molar-refractivity contribution in [2.24, 2.45) is 0 Å². The summed E-state index contributed by atoms with van der Waals surface area (Å²) in [6.45, 7) is 2.82. The van der Waals surface area contributed by atoms with Gasteiger partial charge in [0, 0.05) is 31.6 Å². The molecule has 0 heterocycles. The molecule has 4 nitrogen and oxygen atoms in total. The van der Waals surface area contributed by atoms with Crippen molar-refractivity contribution >= 4 is 5.69 Å². The van der Waals surface area contributed by atoms with Crippen LogP contribution in [-0.2, 0) is 20.8 Å². The van der Waals surface area contributed by atoms with Gasteiger partial charge in [-0.25, -0.2) is 4.39 Å². The van der Waals surface area contributed by atoms with Gasteiger partial charge in [0.15, 0.2) is 0 Å². The van der Waals surface area contributed by atoms with E-state index in [-0.39, 0.29) is 5.82 Å². The van der Waals surface area contributed by atoms with E-state index in [1.165, 1.54) is 12.1 Å². The second-order valence-corrected chi connectivity index (χ2v) is 3.85. The number of nitrogens with two attached hydrogens (primary N) is 1. The van der Waals surface area contributed by atoms with Crippen molar-refractivity contribution in [2.45, 2.75) is 13.0 Å². The highest BCUT2D eigenvalue weighted by atomic mass is 19.1. The molecule has 0 atom stereocenters. The van der Waals surface area contributed by atoms with Crippen molar-refractivity contribution in [3.05, 3.63) is 29.6 Å². The lowest BCUT2D eigenvalue weighted by Crippen LogP contribution is -2.06. The normalized spacial score (nSPS) is 10.8. The molecule has 2 N–H and O–H groups in total. The van der Waals surface area contributed by atoms with Gasteiger partial charge < -0.3 is 19.9 Å². The van der Waals surface area contributed by atoms with Gasteiger partial charge in [-0.1, -0.05) is 6.07 Å². The zero-order valence-corrected chi connectivity index (χ0v) is 10.7. The molecule has 0 spiro atoms. The number of ether oxygens (including phenoxy) is 3. The highest BCUT2D eigenvalue weighted by molar-refractivity contribution is 5.46. The predicted molar refractivity (Wildman–Crippen MR) is 67.8 cm³/mol. The largest absolute Gasteiger partial charge is 0.398 e. The van der Waals surface area contributed by atoms with E-state index >= 15 is 0 Å². The molecule has 0 amide bonds. The van der Waals surface area contributed by atoms with Crippen LogP contribution in [-0.4, -0.2) is 33.5 Å². The Bertz CT molecular complexity index is 347. The van der Waals surface area contributed by atoms with Crippen molar-refractivity contribution in [1.29, 1.82) is 0 Å². The van der Waals surface area contributed by atoms with Gasteiger partial charge >= 0.3 is 0 Å². The molecule has 0 aliphatic heterocycles. The summed E-state index contributed by atoms with van der Waals surface area (Å²) in [6, 6.07) is 4.31. The van der Waals surface area contributed by atoms with E-state index < -0.39 is 0 Å². The van der Waals surface area contributed by atoms with Crippen molar-refractivity contribution in [1.82, 2.24) is 0 Å². The molecular weight excluding hydrogens is 237 g/mol. The molecule has 102 valence electrons. The summed E-state index contributed by atoms with van der Waals surface area (Å²) in [6.07, 6.45) is 0.810. The Labute approximate surface area is 107 Å². The van der Waals surface area contributed by atoms with Crippen LogP contribution in [0, 0.1) is 5.82 Å². The van der Waals surface area contributed by atoms with Crippen LogP contribution in [0.1, 0.15) is 12.0 Å². The molecule has 0 aliphatic rings. The molecule has 1 rings (SSSR count). The first-order valence-corrected chi connectivity index (χ1v) is 5.92. The number of hydrogen-bond donors (Lipinski definition) is 1. The number of halogens is 1. The second kappa shape index (κ2) is 8.85. The van der Waals surface area contributed by atoms with E-state index in [0.29, 0.717) is 38.7 Å². The molecule has 1 aromatic rings. The van der Waals surface area contributed by atoms with Gasteiger partial charge in [0.2, 0.25) is 0 Å². The average molecular weight is 257 g/mol. The molecule has 18 heavy (non-hydrogen) atoms. The third-order valence-electron chi connectivity index (χ3n) is 2.37. The number of anilines is 1. The molecule has 0 saturated heterocycles. The van der Waals surface area contributed by atoms with Gasteiger partial charge in [0.05, 0.1) is 19.8 Å². The Kier molecular flexibility index (Phi) is 7.32. The molecule has 0 unspecified atom stereocenters. The Morgan fingerprint density at radius 3 is 2.61 bits per heavy atom. The molecule has 0 aromatic heterocycles. The quantitative estimate of drug-likeness (QED) is 0.543. The van der Waals surface area contributed by atoms with Crippen molar-refractivity contribution in [3.63, 3.8) is 0 Å². The molecule has 1 aromatic carbocycles. The molecule has 0 fully saturated rings. The van der Waals surface area contributed by atoms with Gasteiger partial charge in [0.25, 0.3) is 0 Å². The standard InChI is InChI=1S/C13H20FNO3/c1-16-7-8-17-5-2-6-18-10-11-3-4-12(14)9-13(11)15/h3-4,9H,2,5-8,10,15H2,1H3. The highest BCUT2D eigenvalue weighted by Gasteiger charge is 2.00. The lowest BCUT2D eigenvalue weighted by molar-refractivity contribution is 0.0484. The van der Waals surface area contributed by atoms with Crippen LogP contribution >= 0.6 is 0 Å². The molecule has 0 radical (unpaired) electrons. The SMILES string of the molecule is COCCOCCCOCc1ccc(F)cc1N. The lowest BCUT2D eigenvalue weighted by atomic mass is 10.2. The molecule has 0 saturated carbocycles. The zero-order valence-electron chi connectivity index (χ0n) is 10.7. The smallest absolute Gasteiger partial charge is 0.125 e. The maximum atomic E-state index is 12.8. The van der Waals surface area contributed by atoms with E-state index in [1.54, 1.807) is 13.2 Å². The van der Waals surface area contributed by atoms with Crippen LogP contribution in [0.2, 0.25) is 0 Å². The Balaban J connectivity index is 2.07. The first-order chi connectivity index (χ1) is 8.74. The maximum absolute atomic E-state index is 12.8. The Morgan fingerprint density at radius 2 is 1.89 bits per heavy atom. The predicted octanol–water partition coefficient (Wildman–Crippen LogP) is 1.98. The summed E-state index contributed by atoms with van der Waals surface area (Å²) < 4.78 is 28.4. The van der Waals surface area contributed by atoms with Crippen molar-refractivity contribution in [3.8, 4) is 0 Å². The monoisotopic (exact) mass is 257 g/mol. The first kappa shape index (κ1) is 14.9. The molecule has 0 bridgehead atoms. The number of nitrogen functional groups attached to an aromatic ring is 1. The van der Waals surface area contributed by atoms with E-state index in [1.807, 2.05) is 0 Å². The maximum Gasteiger partial charge on any atom is 0.125 e. The van der Waals surface area contributed by atoms with Crippen LogP contribution < -0.4 is 5.73 Å². The lowest BCUT2D eigenvalue weighted by Gasteiger charge is -2.07. The minimum absolute atomic E-state index is 0.331. The summed E-state index contributed by atoms with van der Waals surface area (Å²) in [5.41, 5.74) is 6.88. The van der Waals surface area contributed by atoms with Crippen LogP contribution in [0.25, 0.3) is 0 Å². The Hall–Kier alpha value is -1.17. The number of methoxy groups -OCH3 is 1. The highest BCUT2D eigenvalue weighted by Crippen LogP contribution is 2.14. The fourth-order valence-electron chi connectivity index (χ4n) is 1.39. The summed E-state index contributed by atoms with van der Waals surface area (Å²) in [4.78, 5) is 0. The Morgan fingerprint density at radius 1 is 1.11 bits per heavy atom. The second-order valence-electron chi connectivity index (χ2n) is 3.85. The van der Waals surface area contributed by atoms with Crippen molar-refractivity contribution in [2.75, 3.05) is 39.3 Å². The van der Waals surface area contributed by atoms with Gasteiger partial charge in [-0.3, -0.25) is 0 Å². The van der Waals surface area contributed by atoms with Gasteiger partial charge in [-0.15, -0.1) is 0 Å². The van der Waals surface area contributed by atoms with E-state index in [2.05, 4.69) is 0 Å². The van der Waals surface area contributed by atoms with Crippen LogP contribution in [0.3, 0.4) is 0 Å². The first-order valence-electron chi connectivity index (χ1n) is 5.92. The number of rotatable bonds is 9. The van der Waals surface area contributed by atoms with Crippen molar-refractivity contribution < 1.29 is 18.6 Å². The average Bonchev–Trinajstić information content (AvgIpc) is 2.35. The summed E-state index contributed by atoms with van der Waals surface area (Å²) >= 11 is 0. The van der Waals surface area contributed by atoms with Gasteiger partial charge in [-0.2, -0.15) is 0 Å². The van der Waals surface area contributed by atoms with Crippen LogP contribution in [0.5, 0.6) is 0 Å². The van der Waals surface area contributed by atoms with Crippen LogP contribution in [0.4, 0.5) is 10.1 Å². The third kappa shape index (κ3) is 5.95. The third-order valence-corrected chi connectivity index (χ3v) is 2.37. The van der Waals surface area contributed by atoms with E-state index in [9.17, 15) is 4.39 Å². The number of benzene rings is 1. The number of hydrogen-bond acceptors (Lipinski definition) is 4. The minimum Gasteiger partial charge on any atom is -0.398 e.